The van der Waals surface area contributed by atoms with Crippen molar-refractivity contribution in [3.05, 3.63) is 35.4 Å². The van der Waals surface area contributed by atoms with Gasteiger partial charge in [0.05, 0.1) is 6.26 Å². The molecule has 0 radical (unpaired) electrons. The van der Waals surface area contributed by atoms with Gasteiger partial charge >= 0.3 is 0 Å². The Morgan fingerprint density at radius 2 is 1.70 bits per heavy atom. The van der Waals surface area contributed by atoms with Gasteiger partial charge < -0.3 is 5.32 Å². The SMILES string of the molecule is Cc1ccccc1CN1CCC(NC(=O)C2CCN(S(C)(=O)=O)CC2)CC1. The Labute approximate surface area is 163 Å². The first kappa shape index (κ1) is 20.3. The van der Waals surface area contributed by atoms with Gasteiger partial charge in [-0.15, -0.1) is 0 Å². The van der Waals surface area contributed by atoms with Crippen LogP contribution < -0.4 is 5.32 Å². The van der Waals surface area contributed by atoms with E-state index < -0.39 is 10.0 Å². The first-order valence-corrected chi connectivity index (χ1v) is 11.7. The summed E-state index contributed by atoms with van der Waals surface area (Å²) in [5.41, 5.74) is 2.70. The molecule has 6 nitrogen and oxygen atoms in total. The number of rotatable bonds is 5. The van der Waals surface area contributed by atoms with Gasteiger partial charge in [0, 0.05) is 44.7 Å². The van der Waals surface area contributed by atoms with Crippen molar-refractivity contribution < 1.29 is 13.2 Å². The third kappa shape index (κ3) is 5.53. The second-order valence-corrected chi connectivity index (χ2v) is 9.90. The number of nitrogens with zero attached hydrogens (tertiary/aromatic N) is 2. The molecule has 1 N–H and O–H groups in total. The Morgan fingerprint density at radius 1 is 1.07 bits per heavy atom. The van der Waals surface area contributed by atoms with E-state index in [0.717, 1.165) is 32.5 Å². The van der Waals surface area contributed by atoms with Crippen molar-refractivity contribution in [1.29, 1.82) is 0 Å². The van der Waals surface area contributed by atoms with Crippen molar-refractivity contribution in [2.45, 2.75) is 45.2 Å². The number of nitrogens with one attached hydrogen (secondary N) is 1. The number of hydrogen-bond donors (Lipinski definition) is 1. The van der Waals surface area contributed by atoms with Crippen LogP contribution in [0.4, 0.5) is 0 Å². The van der Waals surface area contributed by atoms with Crippen LogP contribution in [-0.2, 0) is 21.4 Å². The number of carbonyl (C=O) groups excluding carboxylic acids is 1. The van der Waals surface area contributed by atoms with E-state index in [-0.39, 0.29) is 17.9 Å². The van der Waals surface area contributed by atoms with E-state index in [1.54, 1.807) is 0 Å². The van der Waals surface area contributed by atoms with Crippen LogP contribution in [-0.4, -0.2) is 62.0 Å². The maximum absolute atomic E-state index is 12.5. The fraction of sp³-hybridized carbons (Fsp3) is 0.650. The van der Waals surface area contributed by atoms with Gasteiger partial charge in [-0.3, -0.25) is 9.69 Å². The zero-order valence-corrected chi connectivity index (χ0v) is 17.2. The monoisotopic (exact) mass is 393 g/mol. The molecule has 2 aliphatic rings. The summed E-state index contributed by atoms with van der Waals surface area (Å²) in [7, 11) is -3.14. The molecule has 2 saturated heterocycles. The molecule has 2 aliphatic heterocycles. The number of sulfonamides is 1. The molecule has 0 unspecified atom stereocenters. The lowest BCUT2D eigenvalue weighted by molar-refractivity contribution is -0.127. The Kier molecular flexibility index (Phi) is 6.55. The second-order valence-electron chi connectivity index (χ2n) is 7.92. The quantitative estimate of drug-likeness (QED) is 0.827. The van der Waals surface area contributed by atoms with Crippen molar-refractivity contribution in [1.82, 2.24) is 14.5 Å². The molecule has 27 heavy (non-hydrogen) atoms. The van der Waals surface area contributed by atoms with Gasteiger partial charge in [-0.2, -0.15) is 0 Å². The highest BCUT2D eigenvalue weighted by molar-refractivity contribution is 7.88. The van der Waals surface area contributed by atoms with Crippen LogP contribution in [0.15, 0.2) is 24.3 Å². The van der Waals surface area contributed by atoms with E-state index in [2.05, 4.69) is 41.4 Å². The highest BCUT2D eigenvalue weighted by Crippen LogP contribution is 2.21. The minimum atomic E-state index is -3.14. The molecular formula is C20H31N3O3S. The average molecular weight is 394 g/mol. The van der Waals surface area contributed by atoms with Gasteiger partial charge in [-0.25, -0.2) is 12.7 Å². The van der Waals surface area contributed by atoms with Crippen LogP contribution in [0.3, 0.4) is 0 Å². The summed E-state index contributed by atoms with van der Waals surface area (Å²) in [5.74, 6) is 0.0357. The fourth-order valence-corrected chi connectivity index (χ4v) is 4.91. The molecule has 1 amide bonds. The number of likely N-dealkylation sites (tertiary alicyclic amines) is 1. The molecule has 7 heteroatoms. The van der Waals surface area contributed by atoms with E-state index in [4.69, 9.17) is 0 Å². The predicted molar refractivity (Wildman–Crippen MR) is 107 cm³/mol. The molecule has 0 aliphatic carbocycles. The number of hydrogen-bond acceptors (Lipinski definition) is 4. The number of carbonyl (C=O) groups is 1. The summed E-state index contributed by atoms with van der Waals surface area (Å²) < 4.78 is 24.6. The summed E-state index contributed by atoms with van der Waals surface area (Å²) in [4.78, 5) is 15.0. The third-order valence-corrected chi connectivity index (χ3v) is 7.19. The highest BCUT2D eigenvalue weighted by Gasteiger charge is 2.30. The first-order valence-electron chi connectivity index (χ1n) is 9.85. The minimum Gasteiger partial charge on any atom is -0.353 e. The lowest BCUT2D eigenvalue weighted by atomic mass is 9.95. The lowest BCUT2D eigenvalue weighted by Crippen LogP contribution is -2.48. The van der Waals surface area contributed by atoms with Crippen molar-refractivity contribution in [2.75, 3.05) is 32.4 Å². The van der Waals surface area contributed by atoms with Crippen molar-refractivity contribution in [3.63, 3.8) is 0 Å². The van der Waals surface area contributed by atoms with Gasteiger partial charge in [0.2, 0.25) is 15.9 Å². The first-order chi connectivity index (χ1) is 12.8. The van der Waals surface area contributed by atoms with Crippen molar-refractivity contribution in [2.24, 2.45) is 5.92 Å². The topological polar surface area (TPSA) is 69.7 Å². The summed E-state index contributed by atoms with van der Waals surface area (Å²) in [5, 5.41) is 3.20. The molecular weight excluding hydrogens is 362 g/mol. The van der Waals surface area contributed by atoms with Crippen molar-refractivity contribution >= 4 is 15.9 Å². The average Bonchev–Trinajstić information content (AvgIpc) is 2.64. The number of aryl methyl sites for hydroxylation is 1. The van der Waals surface area contributed by atoms with Crippen LogP contribution in [0.2, 0.25) is 0 Å². The summed E-state index contributed by atoms with van der Waals surface area (Å²) in [6, 6.07) is 8.73. The Hall–Kier alpha value is -1.44. The van der Waals surface area contributed by atoms with E-state index in [9.17, 15) is 13.2 Å². The van der Waals surface area contributed by atoms with Gasteiger partial charge in [0.15, 0.2) is 0 Å². The normalized spacial score (nSPS) is 21.3. The standard InChI is InChI=1S/C20H31N3O3S/c1-16-5-3-4-6-18(16)15-22-11-9-19(10-12-22)21-20(24)17-7-13-23(14-8-17)27(2,25)26/h3-6,17,19H,7-15H2,1-2H3,(H,21,24). The Bertz CT molecular complexity index is 749. The summed E-state index contributed by atoms with van der Waals surface area (Å²) in [6.45, 7) is 6.00. The van der Waals surface area contributed by atoms with Crippen LogP contribution in [0.25, 0.3) is 0 Å². The van der Waals surface area contributed by atoms with Gasteiger partial charge in [0.25, 0.3) is 0 Å². The van der Waals surface area contributed by atoms with Gasteiger partial charge in [0.1, 0.15) is 0 Å². The summed E-state index contributed by atoms with van der Waals surface area (Å²) >= 11 is 0. The van der Waals surface area contributed by atoms with E-state index in [1.165, 1.54) is 21.7 Å². The van der Waals surface area contributed by atoms with Crippen LogP contribution in [0.5, 0.6) is 0 Å². The highest BCUT2D eigenvalue weighted by atomic mass is 32.2. The lowest BCUT2D eigenvalue weighted by Gasteiger charge is -2.34. The number of piperidine rings is 2. The Balaban J connectivity index is 1.42. The van der Waals surface area contributed by atoms with Crippen molar-refractivity contribution in [3.8, 4) is 0 Å². The maximum atomic E-state index is 12.5. The largest absolute Gasteiger partial charge is 0.353 e. The maximum Gasteiger partial charge on any atom is 0.223 e. The van der Waals surface area contributed by atoms with Crippen LogP contribution >= 0.6 is 0 Å². The molecule has 0 saturated carbocycles. The zero-order valence-electron chi connectivity index (χ0n) is 16.4. The van der Waals surface area contributed by atoms with Gasteiger partial charge in [-0.05, 0) is 43.7 Å². The summed E-state index contributed by atoms with van der Waals surface area (Å²) in [6.07, 6.45) is 4.41. The molecule has 2 heterocycles. The van der Waals surface area contributed by atoms with Crippen LogP contribution in [0, 0.1) is 12.8 Å². The smallest absolute Gasteiger partial charge is 0.223 e. The molecule has 3 rings (SSSR count). The zero-order chi connectivity index (χ0) is 19.4. The molecule has 2 fully saturated rings. The van der Waals surface area contributed by atoms with E-state index in [0.29, 0.717) is 25.9 Å². The minimum absolute atomic E-state index is 0.0620. The molecule has 0 aromatic heterocycles. The molecule has 1 aromatic rings. The fourth-order valence-electron chi connectivity index (χ4n) is 4.03. The molecule has 150 valence electrons. The number of benzene rings is 1. The molecule has 0 spiro atoms. The van der Waals surface area contributed by atoms with E-state index in [1.807, 2.05) is 0 Å². The molecule has 0 bridgehead atoms. The van der Waals surface area contributed by atoms with E-state index >= 15 is 0 Å². The molecule has 1 aromatic carbocycles. The molecule has 0 atom stereocenters. The third-order valence-electron chi connectivity index (χ3n) is 5.88. The van der Waals surface area contributed by atoms with Gasteiger partial charge in [-0.1, -0.05) is 24.3 Å². The predicted octanol–water partition coefficient (Wildman–Crippen LogP) is 1.75. The second kappa shape index (κ2) is 8.71. The Morgan fingerprint density at radius 3 is 2.30 bits per heavy atom. The number of amides is 1. The van der Waals surface area contributed by atoms with Crippen LogP contribution in [0.1, 0.15) is 36.8 Å².